The van der Waals surface area contributed by atoms with E-state index in [2.05, 4.69) is 4.74 Å². The summed E-state index contributed by atoms with van der Waals surface area (Å²) in [5, 5.41) is 12.8. The van der Waals surface area contributed by atoms with Crippen molar-refractivity contribution in [3.05, 3.63) is 33.9 Å². The number of nitrogens with one attached hydrogen (secondary N) is 1. The zero-order valence-electron chi connectivity index (χ0n) is 13.5. The van der Waals surface area contributed by atoms with E-state index >= 15 is 0 Å². The molecule has 1 aromatic carbocycles. The van der Waals surface area contributed by atoms with E-state index in [9.17, 15) is 32.9 Å². The number of benzene rings is 1. The van der Waals surface area contributed by atoms with Crippen molar-refractivity contribution in [3.8, 4) is 0 Å². The number of ether oxygens (including phenoxy) is 1. The molecule has 0 unspecified atom stereocenters. The summed E-state index contributed by atoms with van der Waals surface area (Å²) < 4.78 is 40.5. The van der Waals surface area contributed by atoms with E-state index in [1.54, 1.807) is 5.32 Å². The summed E-state index contributed by atoms with van der Waals surface area (Å²) in [6, 6.07) is 3.77. The molecular formula is C15H16F3N3O5. The molecule has 1 heterocycles. The molecule has 1 aliphatic rings. The molecule has 0 aromatic heterocycles. The van der Waals surface area contributed by atoms with Gasteiger partial charge in [-0.25, -0.2) is 4.79 Å². The molecule has 1 N–H and O–H groups in total. The molecule has 1 amide bonds. The zero-order chi connectivity index (χ0) is 19.3. The van der Waals surface area contributed by atoms with Crippen molar-refractivity contribution in [2.45, 2.75) is 19.0 Å². The highest BCUT2D eigenvalue weighted by atomic mass is 19.4. The second-order valence-electron chi connectivity index (χ2n) is 5.62. The Morgan fingerprint density at radius 3 is 2.50 bits per heavy atom. The van der Waals surface area contributed by atoms with Crippen molar-refractivity contribution in [1.29, 1.82) is 0 Å². The summed E-state index contributed by atoms with van der Waals surface area (Å²) in [4.78, 5) is 35.6. The summed E-state index contributed by atoms with van der Waals surface area (Å²) in [6.45, 7) is -1.12. The van der Waals surface area contributed by atoms with Crippen molar-refractivity contribution in [2.75, 3.05) is 31.1 Å². The Bertz CT molecular complexity index is 702. The van der Waals surface area contributed by atoms with Gasteiger partial charge in [-0.2, -0.15) is 13.2 Å². The van der Waals surface area contributed by atoms with Gasteiger partial charge in [0.25, 0.3) is 11.6 Å². The van der Waals surface area contributed by atoms with E-state index < -0.39 is 36.1 Å². The Kier molecular flexibility index (Phi) is 6.01. The Hall–Kier alpha value is -2.85. The third-order valence-corrected chi connectivity index (χ3v) is 3.67. The lowest BCUT2D eigenvalue weighted by molar-refractivity contribution is -0.384. The predicted molar refractivity (Wildman–Crippen MR) is 83.9 cm³/mol. The smallest absolute Gasteiger partial charge is 0.405 e. The molecular weight excluding hydrogens is 359 g/mol. The Balaban J connectivity index is 2.01. The topological polar surface area (TPSA) is 102 Å². The molecule has 0 aliphatic carbocycles. The predicted octanol–water partition coefficient (Wildman–Crippen LogP) is 2.03. The Morgan fingerprint density at radius 1 is 1.27 bits per heavy atom. The minimum absolute atomic E-state index is 0.164. The van der Waals surface area contributed by atoms with E-state index in [-0.39, 0.29) is 11.3 Å². The lowest BCUT2D eigenvalue weighted by Crippen LogP contribution is -2.36. The lowest BCUT2D eigenvalue weighted by Gasteiger charge is -2.17. The van der Waals surface area contributed by atoms with Gasteiger partial charge in [-0.3, -0.25) is 14.9 Å². The molecule has 2 rings (SSSR count). The van der Waals surface area contributed by atoms with Crippen LogP contribution < -0.4 is 10.2 Å². The quantitative estimate of drug-likeness (QED) is 0.464. The number of rotatable bonds is 6. The second-order valence-corrected chi connectivity index (χ2v) is 5.62. The van der Waals surface area contributed by atoms with Gasteiger partial charge in [0, 0.05) is 19.2 Å². The number of hydrogen-bond donors (Lipinski definition) is 1. The van der Waals surface area contributed by atoms with Crippen LogP contribution in [-0.2, 0) is 9.53 Å². The number of nitrogens with zero attached hydrogens (tertiary/aromatic N) is 2. The molecule has 1 fully saturated rings. The SMILES string of the molecule is O=C(COC(=O)c1ccc(N2CCCC2)c([N+](=O)[O-])c1)NCC(F)(F)F. The number of esters is 1. The number of anilines is 1. The van der Waals surface area contributed by atoms with Gasteiger partial charge in [-0.05, 0) is 25.0 Å². The van der Waals surface area contributed by atoms with Gasteiger partial charge < -0.3 is 15.0 Å². The molecule has 26 heavy (non-hydrogen) atoms. The summed E-state index contributed by atoms with van der Waals surface area (Å²) in [5.74, 6) is -2.16. The summed E-state index contributed by atoms with van der Waals surface area (Å²) in [6.07, 6.45) is -2.76. The first-order valence-corrected chi connectivity index (χ1v) is 7.71. The van der Waals surface area contributed by atoms with Crippen molar-refractivity contribution < 1.29 is 32.4 Å². The lowest BCUT2D eigenvalue weighted by atomic mass is 10.1. The molecule has 1 aromatic rings. The van der Waals surface area contributed by atoms with Gasteiger partial charge in [0.05, 0.1) is 10.5 Å². The van der Waals surface area contributed by atoms with Crippen LogP contribution in [0.3, 0.4) is 0 Å². The average Bonchev–Trinajstić information content (AvgIpc) is 3.11. The van der Waals surface area contributed by atoms with Gasteiger partial charge in [-0.1, -0.05) is 0 Å². The van der Waals surface area contributed by atoms with Crippen molar-refractivity contribution in [1.82, 2.24) is 5.32 Å². The largest absolute Gasteiger partial charge is 0.452 e. The van der Waals surface area contributed by atoms with E-state index in [0.717, 1.165) is 18.9 Å². The van der Waals surface area contributed by atoms with Crippen LogP contribution in [0, 0.1) is 10.1 Å². The maximum absolute atomic E-state index is 12.0. The minimum atomic E-state index is -4.58. The summed E-state index contributed by atoms with van der Waals surface area (Å²) in [7, 11) is 0. The number of halogens is 3. The first-order chi connectivity index (χ1) is 12.2. The van der Waals surface area contributed by atoms with Crippen molar-refractivity contribution in [3.63, 3.8) is 0 Å². The van der Waals surface area contributed by atoms with Gasteiger partial charge in [0.1, 0.15) is 12.2 Å². The summed E-state index contributed by atoms with van der Waals surface area (Å²) in [5.41, 5.74) is -0.0573. The first-order valence-electron chi connectivity index (χ1n) is 7.71. The molecule has 0 spiro atoms. The second kappa shape index (κ2) is 8.02. The van der Waals surface area contributed by atoms with Gasteiger partial charge in [0.2, 0.25) is 0 Å². The molecule has 142 valence electrons. The number of amides is 1. The Labute approximate surface area is 146 Å². The minimum Gasteiger partial charge on any atom is -0.452 e. The molecule has 0 bridgehead atoms. The maximum Gasteiger partial charge on any atom is 0.405 e. The highest BCUT2D eigenvalue weighted by molar-refractivity contribution is 5.93. The van der Waals surface area contributed by atoms with E-state index in [1.807, 2.05) is 4.90 Å². The molecule has 1 saturated heterocycles. The number of hydrogen-bond acceptors (Lipinski definition) is 6. The number of alkyl halides is 3. The van der Waals surface area contributed by atoms with Crippen molar-refractivity contribution >= 4 is 23.3 Å². The number of carbonyl (C=O) groups excluding carboxylic acids is 2. The molecule has 8 nitrogen and oxygen atoms in total. The Morgan fingerprint density at radius 2 is 1.92 bits per heavy atom. The summed E-state index contributed by atoms with van der Waals surface area (Å²) >= 11 is 0. The first kappa shape index (κ1) is 19.5. The van der Waals surface area contributed by atoms with Crippen LogP contribution in [0.25, 0.3) is 0 Å². The zero-order valence-corrected chi connectivity index (χ0v) is 13.5. The highest BCUT2D eigenvalue weighted by Gasteiger charge is 2.28. The van der Waals surface area contributed by atoms with E-state index in [4.69, 9.17) is 0 Å². The van der Waals surface area contributed by atoms with Crippen molar-refractivity contribution in [2.24, 2.45) is 0 Å². The van der Waals surface area contributed by atoms with Gasteiger partial charge in [-0.15, -0.1) is 0 Å². The number of nitro groups is 1. The molecule has 1 aliphatic heterocycles. The van der Waals surface area contributed by atoms with Crippen LogP contribution in [0.5, 0.6) is 0 Å². The number of carbonyl (C=O) groups is 2. The highest BCUT2D eigenvalue weighted by Crippen LogP contribution is 2.31. The molecule has 0 saturated carbocycles. The van der Waals surface area contributed by atoms with Crippen LogP contribution in [0.2, 0.25) is 0 Å². The van der Waals surface area contributed by atoms with E-state index in [1.165, 1.54) is 12.1 Å². The van der Waals surface area contributed by atoms with Gasteiger partial charge >= 0.3 is 12.1 Å². The average molecular weight is 375 g/mol. The standard InChI is InChI=1S/C15H16F3N3O5/c16-15(17,18)9-19-13(22)8-26-14(23)10-3-4-11(12(7-10)21(24)25)20-5-1-2-6-20/h3-4,7H,1-2,5-6,8-9H2,(H,19,22). The third-order valence-electron chi connectivity index (χ3n) is 3.67. The normalized spacial score (nSPS) is 14.2. The van der Waals surface area contributed by atoms with Crippen LogP contribution in [0.4, 0.5) is 24.5 Å². The van der Waals surface area contributed by atoms with Crippen LogP contribution >= 0.6 is 0 Å². The van der Waals surface area contributed by atoms with Crippen LogP contribution in [0.15, 0.2) is 18.2 Å². The number of nitro benzene ring substituents is 1. The van der Waals surface area contributed by atoms with Crippen LogP contribution in [0.1, 0.15) is 23.2 Å². The molecule has 0 atom stereocenters. The maximum atomic E-state index is 12.0. The monoisotopic (exact) mass is 375 g/mol. The van der Waals surface area contributed by atoms with Crippen LogP contribution in [-0.4, -0.2) is 49.2 Å². The fraction of sp³-hybridized carbons (Fsp3) is 0.467. The molecule has 11 heteroatoms. The molecule has 0 radical (unpaired) electrons. The fourth-order valence-corrected chi connectivity index (χ4v) is 2.49. The van der Waals surface area contributed by atoms with Gasteiger partial charge in [0.15, 0.2) is 6.61 Å². The van der Waals surface area contributed by atoms with E-state index in [0.29, 0.717) is 18.8 Å². The fourth-order valence-electron chi connectivity index (χ4n) is 2.49. The third kappa shape index (κ3) is 5.33.